The Morgan fingerprint density at radius 3 is 2.65 bits per heavy atom. The van der Waals surface area contributed by atoms with E-state index in [0.717, 1.165) is 22.4 Å². The largest absolute Gasteiger partial charge is 0.462 e. The minimum Gasteiger partial charge on any atom is -0.462 e. The molecule has 0 bridgehead atoms. The number of esters is 1. The lowest BCUT2D eigenvalue weighted by Gasteiger charge is -2.21. The number of nitrogens with zero attached hydrogens (tertiary/aromatic N) is 2. The Morgan fingerprint density at radius 2 is 2.00 bits per heavy atom. The molecule has 1 aromatic carbocycles. The molecule has 1 aliphatic heterocycles. The molecule has 164 valence electrons. The van der Waals surface area contributed by atoms with E-state index in [4.69, 9.17) is 4.74 Å². The molecule has 1 saturated heterocycles. The summed E-state index contributed by atoms with van der Waals surface area (Å²) >= 11 is 2.69. The van der Waals surface area contributed by atoms with E-state index in [9.17, 15) is 14.4 Å². The highest BCUT2D eigenvalue weighted by Gasteiger charge is 2.30. The van der Waals surface area contributed by atoms with Gasteiger partial charge in [-0.3, -0.25) is 9.59 Å². The van der Waals surface area contributed by atoms with E-state index in [1.807, 2.05) is 24.4 Å². The lowest BCUT2D eigenvalue weighted by Crippen LogP contribution is -2.41. The Kier molecular flexibility index (Phi) is 9.22. The van der Waals surface area contributed by atoms with Gasteiger partial charge in [-0.15, -0.1) is 28.8 Å². The Morgan fingerprint density at radius 1 is 1.26 bits per heavy atom. The summed E-state index contributed by atoms with van der Waals surface area (Å²) < 4.78 is 4.93. The van der Waals surface area contributed by atoms with Gasteiger partial charge in [0.05, 0.1) is 22.8 Å². The zero-order valence-corrected chi connectivity index (χ0v) is 19.2. The number of carbonyl (C=O) groups is 3. The van der Waals surface area contributed by atoms with Crippen molar-refractivity contribution in [3.05, 3.63) is 52.2 Å². The second-order valence-corrected chi connectivity index (χ2v) is 8.35. The second-order valence-electron chi connectivity index (χ2n) is 6.21. The fourth-order valence-corrected chi connectivity index (χ4v) is 4.12. The van der Waals surface area contributed by atoms with Gasteiger partial charge < -0.3 is 15.4 Å². The van der Waals surface area contributed by atoms with Crippen molar-refractivity contribution in [1.82, 2.24) is 5.32 Å². The van der Waals surface area contributed by atoms with Crippen LogP contribution in [0.4, 0.5) is 5.69 Å². The number of amidine groups is 1. The molecule has 2 amide bonds. The quantitative estimate of drug-likeness (QED) is 0.372. The summed E-state index contributed by atoms with van der Waals surface area (Å²) in [6, 6.07) is 10.2. The minimum absolute atomic E-state index is 0. The number of amides is 2. The van der Waals surface area contributed by atoms with E-state index in [2.05, 4.69) is 20.8 Å². The van der Waals surface area contributed by atoms with Crippen LogP contribution in [-0.2, 0) is 14.3 Å². The molecule has 1 unspecified atom stereocenters. The van der Waals surface area contributed by atoms with Crippen molar-refractivity contribution in [2.75, 3.05) is 11.9 Å². The van der Waals surface area contributed by atoms with Crippen molar-refractivity contribution < 1.29 is 19.1 Å². The number of ether oxygens (including phenoxy) is 1. The molecule has 2 heterocycles. The number of thioether (sulfide) groups is 1. The van der Waals surface area contributed by atoms with Crippen LogP contribution in [0.25, 0.3) is 0 Å². The first-order chi connectivity index (χ1) is 14.5. The van der Waals surface area contributed by atoms with Gasteiger partial charge in [0, 0.05) is 12.1 Å². The van der Waals surface area contributed by atoms with E-state index in [1.165, 1.54) is 0 Å². The Balaban J connectivity index is 0.00000341. The number of hydrogen-bond donors (Lipinski definition) is 2. The maximum atomic E-state index is 12.6. The smallest absolute Gasteiger partial charge is 0.338 e. The highest BCUT2D eigenvalue weighted by molar-refractivity contribution is 8.15. The molecule has 0 aliphatic carbocycles. The van der Waals surface area contributed by atoms with E-state index in [1.54, 1.807) is 42.5 Å². The van der Waals surface area contributed by atoms with Crippen LogP contribution in [0.2, 0.25) is 0 Å². The van der Waals surface area contributed by atoms with Crippen molar-refractivity contribution in [2.24, 2.45) is 10.2 Å². The second kappa shape index (κ2) is 11.6. The lowest BCUT2D eigenvalue weighted by atomic mass is 10.2. The molecule has 1 fully saturated rings. The molecular weight excluding hydrogens is 460 g/mol. The van der Waals surface area contributed by atoms with E-state index >= 15 is 0 Å². The van der Waals surface area contributed by atoms with Crippen molar-refractivity contribution in [3.8, 4) is 0 Å². The minimum atomic E-state index is -0.639. The van der Waals surface area contributed by atoms with E-state index in [-0.39, 0.29) is 35.8 Å². The number of benzene rings is 1. The van der Waals surface area contributed by atoms with Crippen LogP contribution in [0.1, 0.15) is 35.5 Å². The Bertz CT molecular complexity index is 991. The molecule has 2 N–H and O–H groups in total. The van der Waals surface area contributed by atoms with Crippen LogP contribution in [0.15, 0.2) is 52.0 Å². The first kappa shape index (κ1) is 24.6. The molecule has 11 heteroatoms. The third-order valence-corrected chi connectivity index (χ3v) is 6.05. The van der Waals surface area contributed by atoms with Crippen LogP contribution in [0, 0.1) is 0 Å². The molecule has 1 atom stereocenters. The number of carbonyl (C=O) groups excluding carboxylic acids is 3. The molecule has 1 aromatic heterocycles. The van der Waals surface area contributed by atoms with Gasteiger partial charge in [0.1, 0.15) is 5.25 Å². The van der Waals surface area contributed by atoms with Gasteiger partial charge in [-0.05, 0) is 49.6 Å². The van der Waals surface area contributed by atoms with Crippen LogP contribution >= 0.6 is 35.5 Å². The summed E-state index contributed by atoms with van der Waals surface area (Å²) in [4.78, 5) is 37.3. The number of halogens is 1. The topological polar surface area (TPSA) is 109 Å². The van der Waals surface area contributed by atoms with Crippen LogP contribution in [-0.4, -0.2) is 40.5 Å². The number of nitrogens with one attached hydrogen (secondary N) is 2. The number of anilines is 1. The summed E-state index contributed by atoms with van der Waals surface area (Å²) in [5.74, 6) is -1.05. The maximum Gasteiger partial charge on any atom is 0.338 e. The summed E-state index contributed by atoms with van der Waals surface area (Å²) in [5, 5.41) is 15.2. The fourth-order valence-electron chi connectivity index (χ4n) is 2.52. The van der Waals surface area contributed by atoms with Gasteiger partial charge in [0.25, 0.3) is 0 Å². The van der Waals surface area contributed by atoms with Gasteiger partial charge in [-0.25, -0.2) is 4.79 Å². The molecule has 8 nitrogen and oxygen atoms in total. The van der Waals surface area contributed by atoms with Gasteiger partial charge >= 0.3 is 5.97 Å². The zero-order chi connectivity index (χ0) is 21.5. The van der Waals surface area contributed by atoms with Crippen molar-refractivity contribution >= 4 is 69.9 Å². The van der Waals surface area contributed by atoms with E-state index in [0.29, 0.717) is 17.9 Å². The first-order valence-electron chi connectivity index (χ1n) is 9.17. The van der Waals surface area contributed by atoms with Gasteiger partial charge in [0.2, 0.25) is 11.8 Å². The predicted molar refractivity (Wildman–Crippen MR) is 126 cm³/mol. The Labute approximate surface area is 194 Å². The highest BCUT2D eigenvalue weighted by atomic mass is 35.5. The highest BCUT2D eigenvalue weighted by Crippen LogP contribution is 2.23. The molecule has 0 radical (unpaired) electrons. The number of rotatable bonds is 6. The van der Waals surface area contributed by atoms with E-state index < -0.39 is 11.2 Å². The third kappa shape index (κ3) is 6.91. The van der Waals surface area contributed by atoms with Crippen molar-refractivity contribution in [1.29, 1.82) is 0 Å². The summed E-state index contributed by atoms with van der Waals surface area (Å²) in [6.45, 7) is 3.85. The fraction of sp³-hybridized carbons (Fsp3) is 0.250. The van der Waals surface area contributed by atoms with Crippen molar-refractivity contribution in [2.45, 2.75) is 25.5 Å². The molecule has 31 heavy (non-hydrogen) atoms. The summed E-state index contributed by atoms with van der Waals surface area (Å²) in [5.41, 5.74) is 1.64. The zero-order valence-electron chi connectivity index (χ0n) is 16.8. The lowest BCUT2D eigenvalue weighted by molar-refractivity contribution is -0.123. The first-order valence-corrected chi connectivity index (χ1v) is 10.9. The number of hydrogen-bond acceptors (Lipinski definition) is 8. The molecule has 3 rings (SSSR count). The SMILES string of the molecule is CCOC(=O)c1ccc(NC(=O)C2CC(=O)N/C(=N\N=C(/C)c3cccs3)S2)cc1.Cl. The van der Waals surface area contributed by atoms with Gasteiger partial charge in [-0.2, -0.15) is 5.10 Å². The summed E-state index contributed by atoms with van der Waals surface area (Å²) in [7, 11) is 0. The average Bonchev–Trinajstić information content (AvgIpc) is 3.27. The molecule has 2 aromatic rings. The Hall–Kier alpha value is -2.69. The summed E-state index contributed by atoms with van der Waals surface area (Å²) in [6.07, 6.45) is 0.0318. The molecule has 0 saturated carbocycles. The normalized spacial score (nSPS) is 17.5. The molecule has 0 spiro atoms. The van der Waals surface area contributed by atoms with Crippen LogP contribution in [0.3, 0.4) is 0 Å². The standard InChI is InChI=1S/C20H20N4O4S2.ClH/c1-3-28-19(27)13-6-8-14(9-7-13)21-18(26)16-11-17(25)22-20(30-16)24-23-12(2)15-5-4-10-29-15;/h4-10,16H,3,11H2,1-2H3,(H,21,26)(H,22,24,25);1H/b23-12+;. The monoisotopic (exact) mass is 480 g/mol. The van der Waals surface area contributed by atoms with Crippen molar-refractivity contribution in [3.63, 3.8) is 0 Å². The van der Waals surface area contributed by atoms with Crippen LogP contribution in [0.5, 0.6) is 0 Å². The molecular formula is C20H21ClN4O4S2. The van der Waals surface area contributed by atoms with Crippen LogP contribution < -0.4 is 10.6 Å². The van der Waals surface area contributed by atoms with Gasteiger partial charge in [-0.1, -0.05) is 17.8 Å². The average molecular weight is 481 g/mol. The maximum absolute atomic E-state index is 12.6. The van der Waals surface area contributed by atoms with Gasteiger partial charge in [0.15, 0.2) is 5.17 Å². The molecule has 1 aliphatic rings. The third-order valence-electron chi connectivity index (χ3n) is 4.00. The predicted octanol–water partition coefficient (Wildman–Crippen LogP) is 3.69. The number of thiophene rings is 1.